The van der Waals surface area contributed by atoms with E-state index in [2.05, 4.69) is 27.8 Å². The molecule has 2 aromatic rings. The quantitative estimate of drug-likeness (QED) is 0.783. The number of ether oxygens (including phenoxy) is 1. The number of hydrogen-bond donors (Lipinski definition) is 2. The molecule has 0 amide bonds. The van der Waals surface area contributed by atoms with Crippen molar-refractivity contribution in [3.05, 3.63) is 30.4 Å². The number of anilines is 1. The number of rotatable bonds is 6. The molecule has 2 N–H and O–H groups in total. The minimum absolute atomic E-state index is 0.271. The van der Waals surface area contributed by atoms with Gasteiger partial charge in [0.25, 0.3) is 0 Å². The number of hydrogen-bond acceptors (Lipinski definition) is 4. The van der Waals surface area contributed by atoms with E-state index in [0.717, 1.165) is 43.8 Å². The second kappa shape index (κ2) is 7.56. The lowest BCUT2D eigenvalue weighted by molar-refractivity contribution is 0.114. The Hall–Kier alpha value is -1.93. The van der Waals surface area contributed by atoms with Gasteiger partial charge in [0.05, 0.1) is 30.7 Å². The fourth-order valence-corrected chi connectivity index (χ4v) is 2.75. The van der Waals surface area contributed by atoms with Crippen molar-refractivity contribution in [3.8, 4) is 0 Å². The molecule has 1 aliphatic rings. The van der Waals surface area contributed by atoms with Crippen molar-refractivity contribution in [1.29, 1.82) is 0 Å². The van der Waals surface area contributed by atoms with Gasteiger partial charge in [0.2, 0.25) is 0 Å². The molecule has 1 atom stereocenters. The van der Waals surface area contributed by atoms with Crippen LogP contribution in [-0.4, -0.2) is 43.9 Å². The Morgan fingerprint density at radius 2 is 2.22 bits per heavy atom. The van der Waals surface area contributed by atoms with E-state index in [-0.39, 0.29) is 6.10 Å². The topological polar surface area (TPSA) is 68.9 Å². The molecule has 8 heteroatoms. The summed E-state index contributed by atoms with van der Waals surface area (Å²) in [5.74, 6) is 0. The second-order valence-electron chi connectivity index (χ2n) is 5.60. The first-order valence-corrected chi connectivity index (χ1v) is 8.34. The van der Waals surface area contributed by atoms with Crippen molar-refractivity contribution >= 4 is 23.0 Å². The normalized spacial score (nSPS) is 17.3. The first kappa shape index (κ1) is 15.9. The van der Waals surface area contributed by atoms with Crippen LogP contribution in [0.1, 0.15) is 25.3 Å². The van der Waals surface area contributed by atoms with Crippen molar-refractivity contribution in [2.45, 2.75) is 39.0 Å². The van der Waals surface area contributed by atoms with Crippen LogP contribution in [0, 0.1) is 0 Å². The zero-order valence-corrected chi connectivity index (χ0v) is 14.1. The molecule has 1 aliphatic heterocycles. The third-order valence-corrected chi connectivity index (χ3v) is 4.01. The smallest absolute Gasteiger partial charge is 0.170 e. The lowest BCUT2D eigenvalue weighted by atomic mass is 10.2. The minimum atomic E-state index is 0.271. The number of nitrogens with zero attached hydrogens (tertiary/aromatic N) is 4. The average Bonchev–Trinajstić information content (AvgIpc) is 3.27. The lowest BCUT2D eigenvalue weighted by Crippen LogP contribution is -2.34. The van der Waals surface area contributed by atoms with Gasteiger partial charge >= 0.3 is 0 Å². The highest BCUT2D eigenvalue weighted by molar-refractivity contribution is 7.80. The lowest BCUT2D eigenvalue weighted by Gasteiger charge is -2.12. The SMILES string of the molecule is CCn1cc(Cn2cc(NC(=S)NCC3CCCO3)cn2)cn1. The predicted octanol–water partition coefficient (Wildman–Crippen LogP) is 1.61. The summed E-state index contributed by atoms with van der Waals surface area (Å²) in [6.45, 7) is 5.23. The van der Waals surface area contributed by atoms with Crippen molar-refractivity contribution in [2.24, 2.45) is 0 Å². The zero-order valence-electron chi connectivity index (χ0n) is 13.2. The molecule has 0 aromatic carbocycles. The molecule has 3 rings (SSSR count). The number of aromatic nitrogens is 4. The van der Waals surface area contributed by atoms with Crippen LogP contribution >= 0.6 is 12.2 Å². The summed E-state index contributed by atoms with van der Waals surface area (Å²) in [4.78, 5) is 0. The van der Waals surface area contributed by atoms with E-state index >= 15 is 0 Å². The summed E-state index contributed by atoms with van der Waals surface area (Å²) in [5.41, 5.74) is 2.00. The number of aryl methyl sites for hydroxylation is 1. The fraction of sp³-hybridized carbons (Fsp3) is 0.533. The van der Waals surface area contributed by atoms with E-state index in [4.69, 9.17) is 17.0 Å². The van der Waals surface area contributed by atoms with Crippen molar-refractivity contribution in [1.82, 2.24) is 24.9 Å². The molecule has 7 nitrogen and oxygen atoms in total. The van der Waals surface area contributed by atoms with Gasteiger partial charge in [-0.1, -0.05) is 0 Å². The Morgan fingerprint density at radius 3 is 2.96 bits per heavy atom. The van der Waals surface area contributed by atoms with Gasteiger partial charge in [-0.05, 0) is 32.0 Å². The largest absolute Gasteiger partial charge is 0.376 e. The van der Waals surface area contributed by atoms with Crippen LogP contribution in [0.15, 0.2) is 24.8 Å². The van der Waals surface area contributed by atoms with E-state index in [1.54, 1.807) is 6.20 Å². The van der Waals surface area contributed by atoms with Gasteiger partial charge in [-0.2, -0.15) is 10.2 Å². The molecule has 124 valence electrons. The monoisotopic (exact) mass is 334 g/mol. The average molecular weight is 334 g/mol. The molecule has 0 bridgehead atoms. The molecule has 0 spiro atoms. The predicted molar refractivity (Wildman–Crippen MR) is 92.4 cm³/mol. The van der Waals surface area contributed by atoms with Crippen molar-refractivity contribution in [3.63, 3.8) is 0 Å². The number of nitrogens with one attached hydrogen (secondary N) is 2. The zero-order chi connectivity index (χ0) is 16.1. The van der Waals surface area contributed by atoms with Gasteiger partial charge in [-0.3, -0.25) is 9.36 Å². The van der Waals surface area contributed by atoms with Crippen molar-refractivity contribution < 1.29 is 4.74 Å². The van der Waals surface area contributed by atoms with Gasteiger partial charge in [0.1, 0.15) is 0 Å². The van der Waals surface area contributed by atoms with Gasteiger partial charge in [0.15, 0.2) is 5.11 Å². The van der Waals surface area contributed by atoms with E-state index < -0.39 is 0 Å². The molecule has 0 saturated carbocycles. The summed E-state index contributed by atoms with van der Waals surface area (Å²) >= 11 is 5.30. The third-order valence-electron chi connectivity index (χ3n) is 3.76. The Kier molecular flexibility index (Phi) is 5.24. The highest BCUT2D eigenvalue weighted by atomic mass is 32.1. The van der Waals surface area contributed by atoms with E-state index in [1.165, 1.54) is 0 Å². The summed E-state index contributed by atoms with van der Waals surface area (Å²) in [7, 11) is 0. The first-order chi connectivity index (χ1) is 11.2. The molecule has 1 saturated heterocycles. The summed E-state index contributed by atoms with van der Waals surface area (Å²) < 4.78 is 9.33. The summed E-state index contributed by atoms with van der Waals surface area (Å²) in [6, 6.07) is 0. The second-order valence-corrected chi connectivity index (χ2v) is 6.01. The minimum Gasteiger partial charge on any atom is -0.376 e. The standard InChI is InChI=1S/C15H22N6OS/c1-2-20-9-12(6-17-20)10-21-11-13(7-18-21)19-15(23)16-8-14-4-3-5-22-14/h6-7,9,11,14H,2-5,8,10H2,1H3,(H2,16,19,23). The fourth-order valence-electron chi connectivity index (χ4n) is 2.55. The van der Waals surface area contributed by atoms with Gasteiger partial charge in [0, 0.05) is 37.7 Å². The van der Waals surface area contributed by atoms with Crippen LogP contribution in [0.25, 0.3) is 0 Å². The molecule has 0 aliphatic carbocycles. The molecule has 2 aromatic heterocycles. The van der Waals surface area contributed by atoms with Crippen LogP contribution in [-0.2, 0) is 17.8 Å². The van der Waals surface area contributed by atoms with Crippen LogP contribution in [0.3, 0.4) is 0 Å². The van der Waals surface area contributed by atoms with Crippen LogP contribution in [0.4, 0.5) is 5.69 Å². The van der Waals surface area contributed by atoms with Crippen LogP contribution in [0.5, 0.6) is 0 Å². The molecule has 0 radical (unpaired) electrons. The highest BCUT2D eigenvalue weighted by Crippen LogP contribution is 2.11. The Labute approximate surface area is 141 Å². The molecule has 23 heavy (non-hydrogen) atoms. The summed E-state index contributed by atoms with van der Waals surface area (Å²) in [5, 5.41) is 15.5. The summed E-state index contributed by atoms with van der Waals surface area (Å²) in [6.07, 6.45) is 10.1. The highest BCUT2D eigenvalue weighted by Gasteiger charge is 2.15. The maximum atomic E-state index is 5.56. The van der Waals surface area contributed by atoms with E-state index in [9.17, 15) is 0 Å². The number of thiocarbonyl (C=S) groups is 1. The maximum Gasteiger partial charge on any atom is 0.170 e. The first-order valence-electron chi connectivity index (χ1n) is 7.93. The molecule has 3 heterocycles. The Morgan fingerprint density at radius 1 is 1.35 bits per heavy atom. The van der Waals surface area contributed by atoms with Gasteiger partial charge in [-0.15, -0.1) is 0 Å². The van der Waals surface area contributed by atoms with Crippen molar-refractivity contribution in [2.75, 3.05) is 18.5 Å². The van der Waals surface area contributed by atoms with E-state index in [0.29, 0.717) is 11.7 Å². The maximum absolute atomic E-state index is 5.56. The Balaban J connectivity index is 1.47. The van der Waals surface area contributed by atoms with E-state index in [1.807, 2.05) is 28.0 Å². The van der Waals surface area contributed by atoms with Crippen LogP contribution < -0.4 is 10.6 Å². The Bertz CT molecular complexity index is 646. The third kappa shape index (κ3) is 4.52. The molecular weight excluding hydrogens is 312 g/mol. The molecular formula is C15H22N6OS. The van der Waals surface area contributed by atoms with Crippen LogP contribution in [0.2, 0.25) is 0 Å². The van der Waals surface area contributed by atoms with Gasteiger partial charge in [-0.25, -0.2) is 0 Å². The molecule has 1 unspecified atom stereocenters. The molecule has 1 fully saturated rings. The van der Waals surface area contributed by atoms with Gasteiger partial charge < -0.3 is 15.4 Å².